The number of amides is 2. The third kappa shape index (κ3) is 47.6. The second kappa shape index (κ2) is 46.1. The first-order valence-electron chi connectivity index (χ1n) is 22.6. The van der Waals surface area contributed by atoms with Gasteiger partial charge in [-0.25, -0.2) is 4.79 Å². The molecule has 0 unspecified atom stereocenters. The third-order valence-electron chi connectivity index (χ3n) is 9.35. The fourth-order valence-corrected chi connectivity index (χ4v) is 5.83. The number of ether oxygens (including phenoxy) is 4. The molecule has 0 heterocycles. The van der Waals surface area contributed by atoms with Gasteiger partial charge in [-0.05, 0) is 45.1 Å². The number of hydrogen-bond acceptors (Lipinski definition) is 11. The molecular weight excluding hydrogens is 762 g/mol. The topological polar surface area (TPSA) is 230 Å². The van der Waals surface area contributed by atoms with E-state index in [9.17, 15) is 33.9 Å². The number of Topliss-reactive ketones (excluding diaryl/α,β-unsaturated/α-hetero) is 2. The molecular formula is C44H83N3O12. The largest absolute Gasteiger partial charge is 0.481 e. The number of carbonyl (C=O) groups excluding carboxylic acids is 4. The number of rotatable bonds is 44. The zero-order valence-electron chi connectivity index (χ0n) is 36.9. The van der Waals surface area contributed by atoms with Crippen LogP contribution in [-0.4, -0.2) is 118 Å². The van der Waals surface area contributed by atoms with Crippen molar-refractivity contribution in [2.24, 2.45) is 5.73 Å². The molecule has 6 N–H and O–H groups in total. The van der Waals surface area contributed by atoms with Crippen molar-refractivity contribution in [2.45, 2.75) is 180 Å². The van der Waals surface area contributed by atoms with Gasteiger partial charge in [0.15, 0.2) is 5.78 Å². The Bertz CT molecular complexity index is 1050. The summed E-state index contributed by atoms with van der Waals surface area (Å²) in [6, 6.07) is -0.977. The number of unbranched alkanes of at least 4 members (excludes halogenated alkanes) is 16. The van der Waals surface area contributed by atoms with Crippen LogP contribution < -0.4 is 16.4 Å². The molecule has 0 fully saturated rings. The molecule has 0 aliphatic rings. The highest BCUT2D eigenvalue weighted by molar-refractivity contribution is 5.84. The molecule has 0 aromatic heterocycles. The van der Waals surface area contributed by atoms with Crippen LogP contribution in [0.3, 0.4) is 0 Å². The molecule has 0 radical (unpaired) electrons. The van der Waals surface area contributed by atoms with Crippen LogP contribution in [0.1, 0.15) is 174 Å². The van der Waals surface area contributed by atoms with E-state index in [1.807, 2.05) is 6.92 Å². The lowest BCUT2D eigenvalue weighted by Crippen LogP contribution is -2.41. The number of nitrogens with one attached hydrogen (secondary N) is 2. The van der Waals surface area contributed by atoms with Crippen LogP contribution in [0.15, 0.2) is 0 Å². The van der Waals surface area contributed by atoms with E-state index in [1.165, 1.54) is 51.4 Å². The van der Waals surface area contributed by atoms with Gasteiger partial charge < -0.3 is 45.5 Å². The maximum absolute atomic E-state index is 12.0. The minimum absolute atomic E-state index is 0.00969. The molecule has 15 nitrogen and oxygen atoms in total. The van der Waals surface area contributed by atoms with Gasteiger partial charge in [0.25, 0.3) is 0 Å². The SMILES string of the molecule is CCC(=O)CC[C@H](NC(=O)CCCCCCCCCCCCCCCCC(=O)O)C(=O)O.CCCOCCOCC(=O)NCCOCCOCC(=O)CCCCCCN. The maximum Gasteiger partial charge on any atom is 0.326 e. The summed E-state index contributed by atoms with van der Waals surface area (Å²) in [6.07, 6.45) is 22.6. The van der Waals surface area contributed by atoms with Gasteiger partial charge in [-0.2, -0.15) is 0 Å². The van der Waals surface area contributed by atoms with E-state index in [-0.39, 0.29) is 49.4 Å². The molecule has 0 aromatic rings. The van der Waals surface area contributed by atoms with Gasteiger partial charge in [-0.15, -0.1) is 0 Å². The summed E-state index contributed by atoms with van der Waals surface area (Å²) < 4.78 is 21.0. The van der Waals surface area contributed by atoms with E-state index < -0.39 is 18.0 Å². The molecule has 0 spiro atoms. The van der Waals surface area contributed by atoms with Crippen LogP contribution in [0.5, 0.6) is 0 Å². The number of aliphatic carboxylic acids is 2. The van der Waals surface area contributed by atoms with Crippen LogP contribution in [0.4, 0.5) is 0 Å². The van der Waals surface area contributed by atoms with Crippen molar-refractivity contribution in [2.75, 3.05) is 65.9 Å². The number of carboxylic acids is 2. The Hall–Kier alpha value is -2.98. The maximum atomic E-state index is 12.0. The number of carbonyl (C=O) groups is 6. The summed E-state index contributed by atoms with van der Waals surface area (Å²) in [4.78, 5) is 68.0. The summed E-state index contributed by atoms with van der Waals surface area (Å²) in [5.74, 6) is -2.08. The van der Waals surface area contributed by atoms with Crippen molar-refractivity contribution in [1.82, 2.24) is 10.6 Å². The van der Waals surface area contributed by atoms with Crippen molar-refractivity contribution < 1.29 is 57.9 Å². The Morgan fingerprint density at radius 2 is 0.983 bits per heavy atom. The Morgan fingerprint density at radius 3 is 1.49 bits per heavy atom. The Kier molecular flexibility index (Phi) is 45.4. The van der Waals surface area contributed by atoms with E-state index in [0.29, 0.717) is 78.4 Å². The van der Waals surface area contributed by atoms with Crippen LogP contribution in [0.25, 0.3) is 0 Å². The predicted molar refractivity (Wildman–Crippen MR) is 229 cm³/mol. The molecule has 0 rings (SSSR count). The van der Waals surface area contributed by atoms with Crippen molar-refractivity contribution in [3.8, 4) is 0 Å². The van der Waals surface area contributed by atoms with E-state index in [2.05, 4.69) is 10.6 Å². The molecule has 1 atom stereocenters. The van der Waals surface area contributed by atoms with Gasteiger partial charge in [-0.3, -0.25) is 24.0 Å². The fourth-order valence-electron chi connectivity index (χ4n) is 5.83. The van der Waals surface area contributed by atoms with Crippen molar-refractivity contribution >= 4 is 35.3 Å². The van der Waals surface area contributed by atoms with Gasteiger partial charge >= 0.3 is 11.9 Å². The first-order valence-corrected chi connectivity index (χ1v) is 22.6. The molecule has 15 heteroatoms. The smallest absolute Gasteiger partial charge is 0.326 e. The average Bonchev–Trinajstić information content (AvgIpc) is 3.21. The minimum Gasteiger partial charge on any atom is -0.481 e. The summed E-state index contributed by atoms with van der Waals surface area (Å²) >= 11 is 0. The second-order valence-electron chi connectivity index (χ2n) is 14.9. The average molecular weight is 846 g/mol. The number of nitrogens with two attached hydrogens (primary N) is 1. The van der Waals surface area contributed by atoms with Gasteiger partial charge in [0.1, 0.15) is 25.0 Å². The Labute approximate surface area is 355 Å². The molecule has 2 amide bonds. The van der Waals surface area contributed by atoms with Gasteiger partial charge in [0.05, 0.1) is 33.0 Å². The number of ketones is 2. The highest BCUT2D eigenvalue weighted by Crippen LogP contribution is 2.14. The molecule has 59 heavy (non-hydrogen) atoms. The third-order valence-corrected chi connectivity index (χ3v) is 9.35. The van der Waals surface area contributed by atoms with E-state index in [1.54, 1.807) is 6.92 Å². The van der Waals surface area contributed by atoms with Gasteiger partial charge in [0, 0.05) is 45.3 Å². The highest BCUT2D eigenvalue weighted by Gasteiger charge is 2.20. The quantitative estimate of drug-likeness (QED) is 0.0403. The van der Waals surface area contributed by atoms with Crippen molar-refractivity contribution in [3.63, 3.8) is 0 Å². The molecule has 0 saturated carbocycles. The zero-order chi connectivity index (χ0) is 44.0. The van der Waals surface area contributed by atoms with Crippen LogP contribution >= 0.6 is 0 Å². The van der Waals surface area contributed by atoms with Crippen LogP contribution in [-0.2, 0) is 47.7 Å². The fraction of sp³-hybridized carbons (Fsp3) is 0.864. The Balaban J connectivity index is 0. The summed E-state index contributed by atoms with van der Waals surface area (Å²) in [5.41, 5.74) is 5.42. The lowest BCUT2D eigenvalue weighted by atomic mass is 10.0. The highest BCUT2D eigenvalue weighted by atomic mass is 16.5. The summed E-state index contributed by atoms with van der Waals surface area (Å²) in [5, 5.41) is 23.0. The minimum atomic E-state index is -1.09. The van der Waals surface area contributed by atoms with E-state index >= 15 is 0 Å². The first-order chi connectivity index (χ1) is 28.6. The first kappa shape index (κ1) is 58.1. The molecule has 0 aliphatic carbocycles. The number of carboxylic acid groups (broad SMARTS) is 2. The molecule has 0 bridgehead atoms. The lowest BCUT2D eigenvalue weighted by Gasteiger charge is -2.14. The lowest BCUT2D eigenvalue weighted by molar-refractivity contribution is -0.142. The van der Waals surface area contributed by atoms with Gasteiger partial charge in [-0.1, -0.05) is 104 Å². The predicted octanol–water partition coefficient (Wildman–Crippen LogP) is 6.70. The Morgan fingerprint density at radius 1 is 0.508 bits per heavy atom. The van der Waals surface area contributed by atoms with Crippen molar-refractivity contribution in [3.05, 3.63) is 0 Å². The molecule has 346 valence electrons. The van der Waals surface area contributed by atoms with E-state index in [4.69, 9.17) is 29.8 Å². The van der Waals surface area contributed by atoms with Crippen molar-refractivity contribution in [1.29, 1.82) is 0 Å². The molecule has 0 aliphatic heterocycles. The molecule has 0 aromatic carbocycles. The van der Waals surface area contributed by atoms with E-state index in [0.717, 1.165) is 70.6 Å². The normalized spacial score (nSPS) is 11.4. The number of hydrogen-bond donors (Lipinski definition) is 5. The standard InChI is InChI=1S/C25H45NO6.C19H38N2O6/c1-2-21(27)19-20-22(25(31)32)26-23(28)17-15-13-11-9-7-5-3-4-6-8-10-12-14-16-18-24(29)30;1-2-10-24-12-15-27-17-19(23)21-9-11-25-13-14-26-16-18(22)7-5-3-4-6-8-20/h22H,2-20H2,1H3,(H,26,28)(H,29,30)(H,31,32);2-17,20H2,1H3,(H,21,23)/t22-;/m0./s1. The zero-order valence-corrected chi connectivity index (χ0v) is 36.9. The summed E-state index contributed by atoms with van der Waals surface area (Å²) in [7, 11) is 0. The molecule has 0 saturated heterocycles. The van der Waals surface area contributed by atoms with Gasteiger partial charge in [0.2, 0.25) is 11.8 Å². The monoisotopic (exact) mass is 846 g/mol. The summed E-state index contributed by atoms with van der Waals surface area (Å²) in [6.45, 7) is 7.84. The second-order valence-corrected chi connectivity index (χ2v) is 14.9. The van der Waals surface area contributed by atoms with Crippen LogP contribution in [0, 0.1) is 0 Å². The van der Waals surface area contributed by atoms with Crippen LogP contribution in [0.2, 0.25) is 0 Å².